The van der Waals surface area contributed by atoms with Crippen molar-refractivity contribution in [2.75, 3.05) is 26.1 Å². The molecular formula is C16H17NO4. The Kier molecular flexibility index (Phi) is 5.04. The predicted molar refractivity (Wildman–Crippen MR) is 80.1 cm³/mol. The van der Waals surface area contributed by atoms with Crippen molar-refractivity contribution in [2.45, 2.75) is 0 Å². The Morgan fingerprint density at radius 2 is 1.33 bits per heavy atom. The first-order valence-electron chi connectivity index (χ1n) is 6.42. The summed E-state index contributed by atoms with van der Waals surface area (Å²) < 4.78 is 15.5. The molecule has 0 bridgehead atoms. The standard InChI is InChI=1S/C16H17NO4/c1-19-13-5-3-12(4-6-13)17-16(18)11-21-15-9-7-14(20-2)8-10-15/h3-10H,11H2,1-2H3,(H,17,18). The molecule has 0 aliphatic rings. The summed E-state index contributed by atoms with van der Waals surface area (Å²) in [5.41, 5.74) is 0.694. The first kappa shape index (κ1) is 14.7. The van der Waals surface area contributed by atoms with Gasteiger partial charge in [0.05, 0.1) is 14.2 Å². The van der Waals surface area contributed by atoms with Crippen LogP contribution in [0.25, 0.3) is 0 Å². The quantitative estimate of drug-likeness (QED) is 0.887. The molecule has 2 rings (SSSR count). The van der Waals surface area contributed by atoms with Crippen LogP contribution in [0, 0.1) is 0 Å². The van der Waals surface area contributed by atoms with E-state index in [9.17, 15) is 4.79 Å². The second-order valence-corrected chi connectivity index (χ2v) is 4.24. The van der Waals surface area contributed by atoms with Gasteiger partial charge in [0.2, 0.25) is 0 Å². The Hall–Kier alpha value is -2.69. The zero-order valence-corrected chi connectivity index (χ0v) is 12.0. The smallest absolute Gasteiger partial charge is 0.262 e. The van der Waals surface area contributed by atoms with E-state index in [2.05, 4.69) is 5.32 Å². The van der Waals surface area contributed by atoms with E-state index in [1.165, 1.54) is 0 Å². The molecule has 0 spiro atoms. The van der Waals surface area contributed by atoms with E-state index < -0.39 is 0 Å². The first-order valence-corrected chi connectivity index (χ1v) is 6.42. The monoisotopic (exact) mass is 287 g/mol. The number of anilines is 1. The van der Waals surface area contributed by atoms with Crippen LogP contribution in [0.2, 0.25) is 0 Å². The van der Waals surface area contributed by atoms with Crippen molar-refractivity contribution in [3.63, 3.8) is 0 Å². The number of hydrogen-bond donors (Lipinski definition) is 1. The van der Waals surface area contributed by atoms with Crippen LogP contribution in [0.1, 0.15) is 0 Å². The largest absolute Gasteiger partial charge is 0.497 e. The van der Waals surface area contributed by atoms with Crippen molar-refractivity contribution in [1.82, 2.24) is 0 Å². The van der Waals surface area contributed by atoms with E-state index in [1.807, 2.05) is 0 Å². The van der Waals surface area contributed by atoms with Gasteiger partial charge in [0, 0.05) is 5.69 Å². The molecule has 5 heteroatoms. The minimum absolute atomic E-state index is 0.0572. The average molecular weight is 287 g/mol. The lowest BCUT2D eigenvalue weighted by Crippen LogP contribution is -2.20. The molecular weight excluding hydrogens is 270 g/mol. The summed E-state index contributed by atoms with van der Waals surface area (Å²) >= 11 is 0. The SMILES string of the molecule is COc1ccc(NC(=O)COc2ccc(OC)cc2)cc1. The van der Waals surface area contributed by atoms with Crippen LogP contribution < -0.4 is 19.5 Å². The van der Waals surface area contributed by atoms with Gasteiger partial charge in [-0.15, -0.1) is 0 Å². The lowest BCUT2D eigenvalue weighted by molar-refractivity contribution is -0.118. The molecule has 0 aromatic heterocycles. The summed E-state index contributed by atoms with van der Waals surface area (Å²) in [6.45, 7) is -0.0572. The van der Waals surface area contributed by atoms with Crippen LogP contribution in [0.5, 0.6) is 17.2 Å². The van der Waals surface area contributed by atoms with Crippen LogP contribution in [0.15, 0.2) is 48.5 Å². The average Bonchev–Trinajstić information content (AvgIpc) is 2.54. The third-order valence-electron chi connectivity index (χ3n) is 2.80. The number of ether oxygens (including phenoxy) is 3. The maximum absolute atomic E-state index is 11.8. The van der Waals surface area contributed by atoms with Gasteiger partial charge in [-0.2, -0.15) is 0 Å². The summed E-state index contributed by atoms with van der Waals surface area (Å²) in [6.07, 6.45) is 0. The van der Waals surface area contributed by atoms with Crippen molar-refractivity contribution < 1.29 is 19.0 Å². The minimum atomic E-state index is -0.226. The number of rotatable bonds is 6. The van der Waals surface area contributed by atoms with Gasteiger partial charge in [-0.1, -0.05) is 0 Å². The molecule has 1 amide bonds. The van der Waals surface area contributed by atoms with Crippen molar-refractivity contribution in [3.8, 4) is 17.2 Å². The van der Waals surface area contributed by atoms with Crippen LogP contribution in [-0.4, -0.2) is 26.7 Å². The van der Waals surface area contributed by atoms with E-state index in [0.29, 0.717) is 11.4 Å². The van der Waals surface area contributed by atoms with Crippen LogP contribution in [0.3, 0.4) is 0 Å². The molecule has 21 heavy (non-hydrogen) atoms. The van der Waals surface area contributed by atoms with Gasteiger partial charge in [-0.05, 0) is 48.5 Å². The van der Waals surface area contributed by atoms with Crippen molar-refractivity contribution in [2.24, 2.45) is 0 Å². The lowest BCUT2D eigenvalue weighted by Gasteiger charge is -2.08. The van der Waals surface area contributed by atoms with Gasteiger partial charge in [0.1, 0.15) is 17.2 Å². The first-order chi connectivity index (χ1) is 10.2. The van der Waals surface area contributed by atoms with Crippen LogP contribution in [-0.2, 0) is 4.79 Å². The summed E-state index contributed by atoms with van der Waals surface area (Å²) in [7, 11) is 3.19. The molecule has 0 unspecified atom stereocenters. The molecule has 0 radical (unpaired) electrons. The highest BCUT2D eigenvalue weighted by molar-refractivity contribution is 5.91. The number of carbonyl (C=O) groups excluding carboxylic acids is 1. The number of carbonyl (C=O) groups is 1. The van der Waals surface area contributed by atoms with Crippen molar-refractivity contribution >= 4 is 11.6 Å². The number of methoxy groups -OCH3 is 2. The van der Waals surface area contributed by atoms with Gasteiger partial charge >= 0.3 is 0 Å². The zero-order valence-electron chi connectivity index (χ0n) is 12.0. The Balaban J connectivity index is 1.83. The fraction of sp³-hybridized carbons (Fsp3) is 0.188. The number of hydrogen-bond acceptors (Lipinski definition) is 4. The van der Waals surface area contributed by atoms with Gasteiger partial charge in [-0.25, -0.2) is 0 Å². The molecule has 0 saturated carbocycles. The molecule has 0 aliphatic heterocycles. The molecule has 5 nitrogen and oxygen atoms in total. The number of amides is 1. The molecule has 0 aliphatic carbocycles. The molecule has 0 fully saturated rings. The number of benzene rings is 2. The summed E-state index contributed by atoms with van der Waals surface area (Å²) in [6, 6.07) is 14.1. The van der Waals surface area contributed by atoms with E-state index in [-0.39, 0.29) is 12.5 Å². The Morgan fingerprint density at radius 1 is 0.857 bits per heavy atom. The molecule has 1 N–H and O–H groups in total. The van der Waals surface area contributed by atoms with Crippen LogP contribution >= 0.6 is 0 Å². The van der Waals surface area contributed by atoms with E-state index >= 15 is 0 Å². The minimum Gasteiger partial charge on any atom is -0.497 e. The summed E-state index contributed by atoms with van der Waals surface area (Å²) in [4.78, 5) is 11.8. The van der Waals surface area contributed by atoms with Gasteiger partial charge in [0.25, 0.3) is 5.91 Å². The highest BCUT2D eigenvalue weighted by Crippen LogP contribution is 2.17. The van der Waals surface area contributed by atoms with Gasteiger partial charge < -0.3 is 19.5 Å². The highest BCUT2D eigenvalue weighted by Gasteiger charge is 2.04. The fourth-order valence-corrected chi connectivity index (χ4v) is 1.69. The van der Waals surface area contributed by atoms with Gasteiger partial charge in [0.15, 0.2) is 6.61 Å². The Morgan fingerprint density at radius 3 is 1.86 bits per heavy atom. The maximum atomic E-state index is 11.8. The van der Waals surface area contributed by atoms with Gasteiger partial charge in [-0.3, -0.25) is 4.79 Å². The van der Waals surface area contributed by atoms with Crippen molar-refractivity contribution in [1.29, 1.82) is 0 Å². The molecule has 2 aromatic carbocycles. The fourth-order valence-electron chi connectivity index (χ4n) is 1.69. The Bertz CT molecular complexity index is 578. The summed E-state index contributed by atoms with van der Waals surface area (Å²) in [5, 5.41) is 2.74. The third-order valence-corrected chi connectivity index (χ3v) is 2.80. The lowest BCUT2D eigenvalue weighted by atomic mass is 10.3. The summed E-state index contributed by atoms with van der Waals surface area (Å²) in [5.74, 6) is 1.86. The van der Waals surface area contributed by atoms with Crippen molar-refractivity contribution in [3.05, 3.63) is 48.5 Å². The van der Waals surface area contributed by atoms with Crippen LogP contribution in [0.4, 0.5) is 5.69 Å². The number of nitrogens with one attached hydrogen (secondary N) is 1. The van der Waals surface area contributed by atoms with E-state index in [1.54, 1.807) is 62.8 Å². The normalized spacial score (nSPS) is 9.81. The Labute approximate surface area is 123 Å². The zero-order chi connectivity index (χ0) is 15.1. The second kappa shape index (κ2) is 7.19. The van der Waals surface area contributed by atoms with E-state index in [4.69, 9.17) is 14.2 Å². The molecule has 0 atom stereocenters. The molecule has 0 saturated heterocycles. The van der Waals surface area contributed by atoms with E-state index in [0.717, 1.165) is 11.5 Å². The highest BCUT2D eigenvalue weighted by atomic mass is 16.5. The predicted octanol–water partition coefficient (Wildman–Crippen LogP) is 2.72. The maximum Gasteiger partial charge on any atom is 0.262 e. The molecule has 110 valence electrons. The molecule has 0 heterocycles. The topological polar surface area (TPSA) is 56.8 Å². The second-order valence-electron chi connectivity index (χ2n) is 4.24. The molecule has 2 aromatic rings. The third kappa shape index (κ3) is 4.42.